The SMILES string of the molecule is CC1=CCC(C)(C=NS(=O)(=O)c2ccccc2C)C=C1. The van der Waals surface area contributed by atoms with E-state index < -0.39 is 10.0 Å². The van der Waals surface area contributed by atoms with Crippen LogP contribution in [-0.4, -0.2) is 14.6 Å². The molecule has 1 aromatic carbocycles. The Bertz CT molecular complexity index is 699. The number of aryl methyl sites for hydroxylation is 1. The number of allylic oxidation sites excluding steroid dienone is 4. The second kappa shape index (κ2) is 5.37. The highest BCUT2D eigenvalue weighted by Crippen LogP contribution is 2.28. The number of nitrogens with zero attached hydrogens (tertiary/aromatic N) is 1. The van der Waals surface area contributed by atoms with Crippen LogP contribution in [0.2, 0.25) is 0 Å². The van der Waals surface area contributed by atoms with Gasteiger partial charge in [0, 0.05) is 11.6 Å². The molecule has 0 bridgehead atoms. The minimum Gasteiger partial charge on any atom is -0.199 e. The van der Waals surface area contributed by atoms with Gasteiger partial charge in [-0.2, -0.15) is 12.8 Å². The van der Waals surface area contributed by atoms with Crippen molar-refractivity contribution in [1.29, 1.82) is 0 Å². The molecule has 0 radical (unpaired) electrons. The Hall–Kier alpha value is -1.68. The summed E-state index contributed by atoms with van der Waals surface area (Å²) in [6, 6.07) is 6.89. The fourth-order valence-corrected chi connectivity index (χ4v) is 3.25. The van der Waals surface area contributed by atoms with E-state index in [-0.39, 0.29) is 10.3 Å². The molecule has 1 aliphatic carbocycles. The van der Waals surface area contributed by atoms with Crippen LogP contribution in [0.4, 0.5) is 0 Å². The van der Waals surface area contributed by atoms with Crippen molar-refractivity contribution in [3.8, 4) is 0 Å². The molecule has 0 heterocycles. The van der Waals surface area contributed by atoms with Crippen molar-refractivity contribution in [2.75, 3.05) is 0 Å². The largest absolute Gasteiger partial charge is 0.282 e. The smallest absolute Gasteiger partial charge is 0.199 e. The zero-order valence-electron chi connectivity index (χ0n) is 12.0. The maximum atomic E-state index is 12.3. The van der Waals surface area contributed by atoms with Gasteiger partial charge >= 0.3 is 0 Å². The minimum absolute atomic E-state index is 0.270. The molecule has 0 fully saturated rings. The van der Waals surface area contributed by atoms with Crippen LogP contribution in [0, 0.1) is 12.3 Å². The van der Waals surface area contributed by atoms with Gasteiger partial charge in [0.25, 0.3) is 10.0 Å². The summed E-state index contributed by atoms with van der Waals surface area (Å²) in [5, 5.41) is 0. The average Bonchev–Trinajstić information content (AvgIpc) is 2.41. The van der Waals surface area contributed by atoms with E-state index in [1.807, 2.05) is 32.1 Å². The normalized spacial score (nSPS) is 23.1. The Labute approximate surface area is 120 Å². The first-order chi connectivity index (χ1) is 9.32. The van der Waals surface area contributed by atoms with Gasteiger partial charge < -0.3 is 0 Å². The van der Waals surface area contributed by atoms with Crippen LogP contribution < -0.4 is 0 Å². The lowest BCUT2D eigenvalue weighted by Gasteiger charge is -2.22. The van der Waals surface area contributed by atoms with Gasteiger partial charge in [-0.25, -0.2) is 0 Å². The van der Waals surface area contributed by atoms with Gasteiger partial charge in [-0.1, -0.05) is 48.9 Å². The topological polar surface area (TPSA) is 46.5 Å². The second-order valence-electron chi connectivity index (χ2n) is 5.47. The number of hydrogen-bond donors (Lipinski definition) is 0. The zero-order valence-corrected chi connectivity index (χ0v) is 12.8. The fraction of sp³-hybridized carbons (Fsp3) is 0.312. The van der Waals surface area contributed by atoms with Gasteiger partial charge in [0.2, 0.25) is 0 Å². The lowest BCUT2D eigenvalue weighted by atomic mass is 9.83. The first kappa shape index (κ1) is 14.7. The monoisotopic (exact) mass is 289 g/mol. The van der Waals surface area contributed by atoms with Gasteiger partial charge in [0.1, 0.15) is 0 Å². The third-order valence-corrected chi connectivity index (χ3v) is 4.85. The van der Waals surface area contributed by atoms with E-state index >= 15 is 0 Å². The molecule has 20 heavy (non-hydrogen) atoms. The second-order valence-corrected chi connectivity index (χ2v) is 7.07. The maximum Gasteiger partial charge on any atom is 0.282 e. The highest BCUT2D eigenvalue weighted by atomic mass is 32.2. The minimum atomic E-state index is -3.63. The van der Waals surface area contributed by atoms with E-state index in [1.165, 1.54) is 11.8 Å². The van der Waals surface area contributed by atoms with Crippen molar-refractivity contribution in [2.45, 2.75) is 32.1 Å². The van der Waals surface area contributed by atoms with Crippen LogP contribution in [0.1, 0.15) is 25.8 Å². The van der Waals surface area contributed by atoms with Gasteiger partial charge in [-0.05, 0) is 31.9 Å². The summed E-state index contributed by atoms with van der Waals surface area (Å²) in [6.07, 6.45) is 8.39. The Morgan fingerprint density at radius 3 is 2.55 bits per heavy atom. The van der Waals surface area contributed by atoms with E-state index in [9.17, 15) is 8.42 Å². The first-order valence-corrected chi connectivity index (χ1v) is 8.00. The molecule has 4 heteroatoms. The predicted octanol–water partition coefficient (Wildman–Crippen LogP) is 3.67. The molecule has 106 valence electrons. The fourth-order valence-electron chi connectivity index (χ4n) is 2.03. The highest BCUT2D eigenvalue weighted by molar-refractivity contribution is 7.90. The number of sulfonamides is 1. The summed E-state index contributed by atoms with van der Waals surface area (Å²) in [7, 11) is -3.63. The molecular formula is C16H19NO2S. The molecule has 1 atom stereocenters. The standard InChI is InChI=1S/C16H19NO2S/c1-13-8-10-16(3,11-9-13)12-17-20(18,19)15-7-5-4-6-14(15)2/h4-10,12H,11H2,1-3H3. The summed E-state index contributed by atoms with van der Waals surface area (Å²) in [5.41, 5.74) is 1.57. The van der Waals surface area contributed by atoms with Gasteiger partial charge in [-0.3, -0.25) is 0 Å². The van der Waals surface area contributed by atoms with Crippen LogP contribution in [0.5, 0.6) is 0 Å². The molecule has 2 rings (SSSR count). The van der Waals surface area contributed by atoms with Crippen molar-refractivity contribution < 1.29 is 8.42 Å². The van der Waals surface area contributed by atoms with E-state index in [4.69, 9.17) is 0 Å². The summed E-state index contributed by atoms with van der Waals surface area (Å²) in [4.78, 5) is 0.270. The molecule has 1 aliphatic rings. The third kappa shape index (κ3) is 3.25. The Morgan fingerprint density at radius 2 is 1.95 bits per heavy atom. The lowest BCUT2D eigenvalue weighted by Crippen LogP contribution is -2.17. The van der Waals surface area contributed by atoms with E-state index in [0.29, 0.717) is 5.56 Å². The Kier molecular flexibility index (Phi) is 3.95. The molecule has 0 spiro atoms. The van der Waals surface area contributed by atoms with E-state index in [0.717, 1.165) is 6.42 Å². The first-order valence-electron chi connectivity index (χ1n) is 6.56. The summed E-state index contributed by atoms with van der Waals surface area (Å²) in [5.74, 6) is 0. The van der Waals surface area contributed by atoms with Gasteiger partial charge in [0.05, 0.1) is 4.90 Å². The quantitative estimate of drug-likeness (QED) is 0.797. The number of benzene rings is 1. The Morgan fingerprint density at radius 1 is 1.25 bits per heavy atom. The van der Waals surface area contributed by atoms with Crippen molar-refractivity contribution in [2.24, 2.45) is 9.81 Å². The summed E-state index contributed by atoms with van der Waals surface area (Å²) < 4.78 is 28.4. The Balaban J connectivity index is 2.28. The van der Waals surface area contributed by atoms with Gasteiger partial charge in [-0.15, -0.1) is 0 Å². The highest BCUT2D eigenvalue weighted by Gasteiger charge is 2.22. The van der Waals surface area contributed by atoms with Crippen LogP contribution in [0.25, 0.3) is 0 Å². The number of rotatable bonds is 3. The van der Waals surface area contributed by atoms with Crippen molar-refractivity contribution in [1.82, 2.24) is 0 Å². The zero-order chi connectivity index (χ0) is 14.8. The summed E-state index contributed by atoms with van der Waals surface area (Å²) in [6.45, 7) is 5.78. The summed E-state index contributed by atoms with van der Waals surface area (Å²) >= 11 is 0. The molecule has 3 nitrogen and oxygen atoms in total. The molecule has 0 saturated carbocycles. The number of hydrogen-bond acceptors (Lipinski definition) is 2. The molecule has 1 unspecified atom stereocenters. The molecule has 0 amide bonds. The maximum absolute atomic E-state index is 12.3. The lowest BCUT2D eigenvalue weighted by molar-refractivity contribution is 0.591. The van der Waals surface area contributed by atoms with E-state index in [1.54, 1.807) is 25.1 Å². The van der Waals surface area contributed by atoms with Crippen molar-refractivity contribution in [3.05, 3.63) is 53.6 Å². The molecule has 0 aliphatic heterocycles. The third-order valence-electron chi connectivity index (χ3n) is 3.45. The predicted molar refractivity (Wildman–Crippen MR) is 82.5 cm³/mol. The molecule has 1 aromatic rings. The van der Waals surface area contributed by atoms with Crippen LogP contribution >= 0.6 is 0 Å². The molecule has 0 saturated heterocycles. The average molecular weight is 289 g/mol. The van der Waals surface area contributed by atoms with Crippen molar-refractivity contribution >= 4 is 16.2 Å². The molecule has 0 N–H and O–H groups in total. The van der Waals surface area contributed by atoms with Crippen molar-refractivity contribution in [3.63, 3.8) is 0 Å². The molecular weight excluding hydrogens is 270 g/mol. The van der Waals surface area contributed by atoms with E-state index in [2.05, 4.69) is 10.5 Å². The van der Waals surface area contributed by atoms with Crippen LogP contribution in [0.15, 0.2) is 57.4 Å². The molecule has 0 aromatic heterocycles. The van der Waals surface area contributed by atoms with Crippen LogP contribution in [-0.2, 0) is 10.0 Å². The van der Waals surface area contributed by atoms with Crippen LogP contribution in [0.3, 0.4) is 0 Å². The van der Waals surface area contributed by atoms with Gasteiger partial charge in [0.15, 0.2) is 0 Å².